The van der Waals surface area contributed by atoms with Crippen LogP contribution in [-0.2, 0) is 6.42 Å². The van der Waals surface area contributed by atoms with Crippen molar-refractivity contribution in [3.05, 3.63) is 68.0 Å². The van der Waals surface area contributed by atoms with E-state index < -0.39 is 0 Å². The molecule has 0 radical (unpaired) electrons. The molecule has 2 aromatic rings. The smallest absolute Gasteiger partial charge is 0.248 e. The Balaban J connectivity index is 1.84. The van der Waals surface area contributed by atoms with Gasteiger partial charge in [0.1, 0.15) is 0 Å². The second-order valence-electron chi connectivity index (χ2n) is 5.61. The Hall–Kier alpha value is -1.39. The number of nitrogens with one attached hydrogen (secondary N) is 2. The van der Waals surface area contributed by atoms with Crippen molar-refractivity contribution in [2.24, 2.45) is 0 Å². The molecule has 0 saturated carbocycles. The number of halogens is 1. The van der Waals surface area contributed by atoms with Crippen LogP contribution >= 0.6 is 15.9 Å². The summed E-state index contributed by atoms with van der Waals surface area (Å²) in [5.74, 6) is 0. The van der Waals surface area contributed by atoms with Crippen LogP contribution in [0.1, 0.15) is 48.7 Å². The Morgan fingerprint density at radius 3 is 2.90 bits per heavy atom. The molecule has 4 heteroatoms. The number of benzene rings is 1. The fourth-order valence-electron chi connectivity index (χ4n) is 3.09. The average Bonchev–Trinajstić information content (AvgIpc) is 2.47. The molecule has 1 unspecified atom stereocenters. The van der Waals surface area contributed by atoms with Gasteiger partial charge in [0, 0.05) is 28.3 Å². The highest BCUT2D eigenvalue weighted by atomic mass is 79.9. The Kier molecular flexibility index (Phi) is 4.27. The van der Waals surface area contributed by atoms with E-state index in [2.05, 4.69) is 51.4 Å². The summed E-state index contributed by atoms with van der Waals surface area (Å²) in [6.45, 7) is 2.18. The van der Waals surface area contributed by atoms with E-state index in [9.17, 15) is 4.79 Å². The summed E-state index contributed by atoms with van der Waals surface area (Å²) in [6.07, 6.45) is 3.17. The number of pyridine rings is 1. The molecule has 3 nitrogen and oxygen atoms in total. The summed E-state index contributed by atoms with van der Waals surface area (Å²) in [7, 11) is 0. The molecule has 21 heavy (non-hydrogen) atoms. The molecule has 1 aliphatic rings. The highest BCUT2D eigenvalue weighted by Crippen LogP contribution is 2.31. The molecule has 1 aromatic heterocycles. The van der Waals surface area contributed by atoms with E-state index in [4.69, 9.17) is 0 Å². The van der Waals surface area contributed by atoms with E-state index in [1.54, 1.807) is 6.07 Å². The summed E-state index contributed by atoms with van der Waals surface area (Å²) in [6, 6.07) is 12.4. The molecule has 1 heterocycles. The Morgan fingerprint density at radius 1 is 1.29 bits per heavy atom. The lowest BCUT2D eigenvalue weighted by Gasteiger charge is -2.29. The first kappa shape index (κ1) is 14.5. The van der Waals surface area contributed by atoms with Crippen molar-refractivity contribution in [1.29, 1.82) is 0 Å². The van der Waals surface area contributed by atoms with Gasteiger partial charge in [0.2, 0.25) is 5.56 Å². The molecule has 3 rings (SSSR count). The van der Waals surface area contributed by atoms with Crippen LogP contribution in [0.25, 0.3) is 0 Å². The van der Waals surface area contributed by atoms with Crippen molar-refractivity contribution in [3.8, 4) is 0 Å². The lowest BCUT2D eigenvalue weighted by molar-refractivity contribution is 0.411. The zero-order valence-corrected chi connectivity index (χ0v) is 13.6. The van der Waals surface area contributed by atoms with E-state index in [0.29, 0.717) is 6.04 Å². The van der Waals surface area contributed by atoms with Gasteiger partial charge in [0.25, 0.3) is 0 Å². The third-order valence-corrected chi connectivity index (χ3v) is 4.88. The number of H-pyrrole nitrogens is 1. The molecule has 2 N–H and O–H groups in total. The molecule has 0 bridgehead atoms. The third-order valence-electron chi connectivity index (χ3n) is 4.15. The maximum absolute atomic E-state index is 11.5. The molecule has 1 aromatic carbocycles. The summed E-state index contributed by atoms with van der Waals surface area (Å²) in [5.41, 5.74) is 3.58. The number of hydrogen-bond donors (Lipinski definition) is 2. The Bertz CT molecular complexity index is 695. The monoisotopic (exact) mass is 346 g/mol. The minimum Gasteiger partial charge on any atom is -0.326 e. The van der Waals surface area contributed by atoms with E-state index >= 15 is 0 Å². The van der Waals surface area contributed by atoms with Crippen LogP contribution in [-0.4, -0.2) is 4.98 Å². The Morgan fingerprint density at radius 2 is 2.10 bits per heavy atom. The van der Waals surface area contributed by atoms with Gasteiger partial charge in [-0.05, 0) is 43.4 Å². The van der Waals surface area contributed by atoms with Gasteiger partial charge >= 0.3 is 0 Å². The van der Waals surface area contributed by atoms with Gasteiger partial charge in [-0.2, -0.15) is 0 Å². The van der Waals surface area contributed by atoms with Crippen molar-refractivity contribution in [2.45, 2.75) is 38.3 Å². The van der Waals surface area contributed by atoms with Crippen molar-refractivity contribution < 1.29 is 0 Å². The van der Waals surface area contributed by atoms with Crippen LogP contribution < -0.4 is 10.9 Å². The van der Waals surface area contributed by atoms with Gasteiger partial charge in [-0.3, -0.25) is 4.79 Å². The van der Waals surface area contributed by atoms with Crippen LogP contribution in [0.5, 0.6) is 0 Å². The number of rotatable bonds is 3. The molecular weight excluding hydrogens is 328 g/mol. The van der Waals surface area contributed by atoms with Gasteiger partial charge in [-0.1, -0.05) is 40.2 Å². The quantitative estimate of drug-likeness (QED) is 0.885. The molecule has 0 fully saturated rings. The van der Waals surface area contributed by atoms with Gasteiger partial charge in [-0.15, -0.1) is 0 Å². The van der Waals surface area contributed by atoms with Crippen LogP contribution in [0, 0.1) is 0 Å². The lowest BCUT2D eigenvalue weighted by Crippen LogP contribution is -2.29. The molecule has 0 spiro atoms. The summed E-state index contributed by atoms with van der Waals surface area (Å²) >= 11 is 3.62. The maximum atomic E-state index is 11.5. The van der Waals surface area contributed by atoms with Gasteiger partial charge in [0.05, 0.1) is 0 Å². The van der Waals surface area contributed by atoms with Crippen molar-refractivity contribution in [1.82, 2.24) is 10.3 Å². The van der Waals surface area contributed by atoms with Crippen LogP contribution in [0.2, 0.25) is 0 Å². The predicted octanol–water partition coefficient (Wildman–Crippen LogP) is 3.87. The zero-order valence-electron chi connectivity index (χ0n) is 12.0. The van der Waals surface area contributed by atoms with Gasteiger partial charge < -0.3 is 10.3 Å². The SMILES string of the molecule is C[C@@H](NC1CCCc2[nH]c(=O)ccc21)c1ccccc1Br. The molecule has 110 valence electrons. The van der Waals surface area contributed by atoms with Crippen LogP contribution in [0.4, 0.5) is 0 Å². The molecule has 0 amide bonds. The van der Waals surface area contributed by atoms with E-state index in [1.165, 1.54) is 11.1 Å². The number of fused-ring (bicyclic) bond motifs is 1. The number of aromatic nitrogens is 1. The largest absolute Gasteiger partial charge is 0.326 e. The molecule has 2 atom stereocenters. The van der Waals surface area contributed by atoms with E-state index in [1.807, 2.05) is 12.1 Å². The molecule has 0 aliphatic heterocycles. The number of hydrogen-bond acceptors (Lipinski definition) is 2. The minimum absolute atomic E-state index is 0.00625. The predicted molar refractivity (Wildman–Crippen MR) is 88.4 cm³/mol. The third kappa shape index (κ3) is 3.11. The maximum Gasteiger partial charge on any atom is 0.248 e. The molecule has 0 saturated heterocycles. The van der Waals surface area contributed by atoms with E-state index in [0.717, 1.165) is 29.4 Å². The van der Waals surface area contributed by atoms with Crippen LogP contribution in [0.3, 0.4) is 0 Å². The van der Waals surface area contributed by atoms with Gasteiger partial charge in [-0.25, -0.2) is 0 Å². The lowest BCUT2D eigenvalue weighted by atomic mass is 9.90. The molecule has 1 aliphatic carbocycles. The summed E-state index contributed by atoms with van der Waals surface area (Å²) in [4.78, 5) is 14.4. The summed E-state index contributed by atoms with van der Waals surface area (Å²) < 4.78 is 1.13. The normalized spacial score (nSPS) is 19.0. The summed E-state index contributed by atoms with van der Waals surface area (Å²) in [5, 5.41) is 3.70. The zero-order chi connectivity index (χ0) is 14.8. The topological polar surface area (TPSA) is 44.9 Å². The van der Waals surface area contributed by atoms with Crippen molar-refractivity contribution in [2.75, 3.05) is 0 Å². The first-order valence-corrected chi connectivity index (χ1v) is 8.17. The fraction of sp³-hybridized carbons (Fsp3) is 0.353. The fourth-order valence-corrected chi connectivity index (χ4v) is 3.72. The minimum atomic E-state index is -0.00625. The first-order valence-electron chi connectivity index (χ1n) is 7.37. The highest BCUT2D eigenvalue weighted by Gasteiger charge is 2.22. The average molecular weight is 347 g/mol. The first-order chi connectivity index (χ1) is 10.1. The Labute approximate surface area is 132 Å². The van der Waals surface area contributed by atoms with E-state index in [-0.39, 0.29) is 11.6 Å². The van der Waals surface area contributed by atoms with Crippen molar-refractivity contribution in [3.63, 3.8) is 0 Å². The highest BCUT2D eigenvalue weighted by molar-refractivity contribution is 9.10. The standard InChI is InChI=1S/C17H19BrN2O/c1-11(12-5-2-3-6-14(12)18)19-15-7-4-8-16-13(15)9-10-17(21)20-16/h2-3,5-6,9-11,15,19H,4,7-8H2,1H3,(H,20,21)/t11-,15?/m1/s1. The second-order valence-corrected chi connectivity index (χ2v) is 6.47. The van der Waals surface area contributed by atoms with Gasteiger partial charge in [0.15, 0.2) is 0 Å². The number of aromatic amines is 1. The second kappa shape index (κ2) is 6.16. The number of aryl methyl sites for hydroxylation is 1. The van der Waals surface area contributed by atoms with Crippen LogP contribution in [0.15, 0.2) is 45.7 Å². The molecular formula is C17H19BrN2O. The van der Waals surface area contributed by atoms with Crippen molar-refractivity contribution >= 4 is 15.9 Å².